The highest BCUT2D eigenvalue weighted by molar-refractivity contribution is 9.10. The predicted molar refractivity (Wildman–Crippen MR) is 92.7 cm³/mol. The molecule has 0 aliphatic carbocycles. The Morgan fingerprint density at radius 1 is 1.30 bits per heavy atom. The van der Waals surface area contributed by atoms with Gasteiger partial charge < -0.3 is 14.8 Å². The Bertz CT molecular complexity index is 540. The molecule has 0 aliphatic heterocycles. The Hall–Kier alpha value is -1.40. The first-order chi connectivity index (χ1) is 10.7. The summed E-state index contributed by atoms with van der Waals surface area (Å²) in [6.07, 6.45) is 0.204. The summed E-state index contributed by atoms with van der Waals surface area (Å²) in [5.74, 6) is -0.0385. The summed E-state index contributed by atoms with van der Waals surface area (Å²) in [6, 6.07) is 6.86. The molecule has 1 aromatic carbocycles. The van der Waals surface area contributed by atoms with Crippen molar-refractivity contribution in [1.29, 1.82) is 0 Å². The average Bonchev–Trinajstić information content (AvgIpc) is 2.42. The molecule has 5 nitrogen and oxygen atoms in total. The quantitative estimate of drug-likeness (QED) is 0.721. The monoisotopic (exact) mass is 385 g/mol. The highest BCUT2D eigenvalue weighted by Gasteiger charge is 2.21. The van der Waals surface area contributed by atoms with Crippen molar-refractivity contribution in [1.82, 2.24) is 5.32 Å². The van der Waals surface area contributed by atoms with Gasteiger partial charge in [-0.3, -0.25) is 4.79 Å². The van der Waals surface area contributed by atoms with E-state index in [1.807, 2.05) is 12.1 Å². The van der Waals surface area contributed by atoms with Gasteiger partial charge in [0.15, 0.2) is 5.78 Å². The average molecular weight is 386 g/mol. The van der Waals surface area contributed by atoms with Crippen LogP contribution in [0.2, 0.25) is 0 Å². The molecule has 128 valence electrons. The summed E-state index contributed by atoms with van der Waals surface area (Å²) in [5.41, 5.74) is 0.0253. The zero-order valence-corrected chi connectivity index (χ0v) is 15.6. The third-order valence-electron chi connectivity index (χ3n) is 2.97. The zero-order valence-electron chi connectivity index (χ0n) is 14.0. The summed E-state index contributed by atoms with van der Waals surface area (Å²) in [5, 5.41) is 2.75. The molecule has 0 radical (unpaired) electrons. The van der Waals surface area contributed by atoms with Crippen molar-refractivity contribution in [2.45, 2.75) is 45.3 Å². The summed E-state index contributed by atoms with van der Waals surface area (Å²) >= 11 is 3.35. The highest BCUT2D eigenvalue weighted by Crippen LogP contribution is 2.15. The molecule has 23 heavy (non-hydrogen) atoms. The minimum absolute atomic E-state index is 0.0385. The fourth-order valence-electron chi connectivity index (χ4n) is 1.96. The van der Waals surface area contributed by atoms with Crippen molar-refractivity contribution in [3.63, 3.8) is 0 Å². The molecular formula is C17H24BrNO4. The standard InChI is InChI=1S/C17H24BrNO4/c1-17(2,3)23-16(21)19-14(8-9-22-4)11-15(20)12-6-5-7-13(18)10-12/h5-7,10,14H,8-9,11H2,1-4H3,(H,19,21). The van der Waals surface area contributed by atoms with E-state index in [0.717, 1.165) is 4.47 Å². The van der Waals surface area contributed by atoms with E-state index in [4.69, 9.17) is 9.47 Å². The van der Waals surface area contributed by atoms with Crippen LogP contribution in [0.15, 0.2) is 28.7 Å². The predicted octanol–water partition coefficient (Wildman–Crippen LogP) is 3.95. The van der Waals surface area contributed by atoms with Gasteiger partial charge in [0.2, 0.25) is 0 Å². The lowest BCUT2D eigenvalue weighted by atomic mass is 10.0. The lowest BCUT2D eigenvalue weighted by molar-refractivity contribution is 0.0490. The van der Waals surface area contributed by atoms with Crippen LogP contribution in [-0.2, 0) is 9.47 Å². The van der Waals surface area contributed by atoms with Crippen LogP contribution in [0.1, 0.15) is 44.0 Å². The summed E-state index contributed by atoms with van der Waals surface area (Å²) < 4.78 is 11.1. The molecule has 0 saturated carbocycles. The van der Waals surface area contributed by atoms with Crippen molar-refractivity contribution in [2.24, 2.45) is 0 Å². The number of nitrogens with one attached hydrogen (secondary N) is 1. The molecule has 0 bridgehead atoms. The van der Waals surface area contributed by atoms with Crippen LogP contribution in [0.25, 0.3) is 0 Å². The second-order valence-corrected chi connectivity index (χ2v) is 7.18. The number of carbonyl (C=O) groups is 2. The van der Waals surface area contributed by atoms with Crippen LogP contribution < -0.4 is 5.32 Å². The van der Waals surface area contributed by atoms with E-state index in [1.165, 1.54) is 0 Å². The maximum absolute atomic E-state index is 12.4. The van der Waals surface area contributed by atoms with Crippen LogP contribution in [0.5, 0.6) is 0 Å². The van der Waals surface area contributed by atoms with E-state index in [2.05, 4.69) is 21.2 Å². The number of amides is 1. The Morgan fingerprint density at radius 2 is 2.00 bits per heavy atom. The van der Waals surface area contributed by atoms with E-state index in [1.54, 1.807) is 40.0 Å². The lowest BCUT2D eigenvalue weighted by Crippen LogP contribution is -2.40. The van der Waals surface area contributed by atoms with Gasteiger partial charge in [0.1, 0.15) is 5.60 Å². The van der Waals surface area contributed by atoms with Gasteiger partial charge in [-0.05, 0) is 39.3 Å². The molecule has 6 heteroatoms. The van der Waals surface area contributed by atoms with Crippen LogP contribution in [-0.4, -0.2) is 37.2 Å². The number of benzene rings is 1. The van der Waals surface area contributed by atoms with Crippen LogP contribution >= 0.6 is 15.9 Å². The maximum Gasteiger partial charge on any atom is 0.407 e. The van der Waals surface area contributed by atoms with Crippen molar-refractivity contribution in [2.75, 3.05) is 13.7 Å². The molecule has 0 saturated heterocycles. The molecule has 1 unspecified atom stereocenters. The fourth-order valence-corrected chi connectivity index (χ4v) is 2.36. The minimum Gasteiger partial charge on any atom is -0.444 e. The number of alkyl carbamates (subject to hydrolysis) is 1. The molecule has 1 atom stereocenters. The molecular weight excluding hydrogens is 362 g/mol. The first-order valence-corrected chi connectivity index (χ1v) is 8.28. The van der Waals surface area contributed by atoms with Gasteiger partial charge in [0, 0.05) is 36.2 Å². The van der Waals surface area contributed by atoms with E-state index < -0.39 is 11.7 Å². The summed E-state index contributed by atoms with van der Waals surface area (Å²) in [7, 11) is 1.58. The molecule has 1 N–H and O–H groups in total. The number of methoxy groups -OCH3 is 1. The SMILES string of the molecule is COCCC(CC(=O)c1cccc(Br)c1)NC(=O)OC(C)(C)C. The Kier molecular flexibility index (Phi) is 7.72. The van der Waals surface area contributed by atoms with Gasteiger partial charge in [0.25, 0.3) is 0 Å². The summed E-state index contributed by atoms with van der Waals surface area (Å²) in [6.45, 7) is 5.84. The number of Topliss-reactive ketones (excluding diaryl/α,β-unsaturated/α-hetero) is 1. The highest BCUT2D eigenvalue weighted by atomic mass is 79.9. The summed E-state index contributed by atoms with van der Waals surface area (Å²) in [4.78, 5) is 24.3. The van der Waals surface area contributed by atoms with Gasteiger partial charge in [-0.25, -0.2) is 4.79 Å². The second kappa shape index (κ2) is 9.03. The maximum atomic E-state index is 12.4. The number of hydrogen-bond acceptors (Lipinski definition) is 4. The van der Waals surface area contributed by atoms with Crippen LogP contribution in [0, 0.1) is 0 Å². The molecule has 1 aromatic rings. The normalized spacial score (nSPS) is 12.6. The van der Waals surface area contributed by atoms with Crippen molar-refractivity contribution < 1.29 is 19.1 Å². The van der Waals surface area contributed by atoms with Gasteiger partial charge in [-0.2, -0.15) is 0 Å². The molecule has 1 amide bonds. The number of hydrogen-bond donors (Lipinski definition) is 1. The van der Waals surface area contributed by atoms with Crippen LogP contribution in [0.4, 0.5) is 4.79 Å². The fraction of sp³-hybridized carbons (Fsp3) is 0.529. The van der Waals surface area contributed by atoms with Gasteiger partial charge in [0.05, 0.1) is 0 Å². The Labute approximate surface area is 145 Å². The van der Waals surface area contributed by atoms with Crippen molar-refractivity contribution in [3.05, 3.63) is 34.3 Å². The molecule has 0 aliphatic rings. The number of carbonyl (C=O) groups excluding carboxylic acids is 2. The Balaban J connectivity index is 2.70. The lowest BCUT2D eigenvalue weighted by Gasteiger charge is -2.23. The van der Waals surface area contributed by atoms with E-state index >= 15 is 0 Å². The molecule has 0 heterocycles. The Morgan fingerprint density at radius 3 is 2.57 bits per heavy atom. The van der Waals surface area contributed by atoms with Crippen molar-refractivity contribution in [3.8, 4) is 0 Å². The molecule has 0 aromatic heterocycles. The van der Waals surface area contributed by atoms with Gasteiger partial charge >= 0.3 is 6.09 Å². The van der Waals surface area contributed by atoms with Gasteiger partial charge in [-0.1, -0.05) is 28.1 Å². The number of halogens is 1. The second-order valence-electron chi connectivity index (χ2n) is 6.26. The molecule has 1 rings (SSSR count). The molecule has 0 spiro atoms. The van der Waals surface area contributed by atoms with E-state index in [0.29, 0.717) is 18.6 Å². The number of ether oxygens (including phenoxy) is 2. The zero-order chi connectivity index (χ0) is 17.5. The first-order valence-electron chi connectivity index (χ1n) is 7.48. The number of ketones is 1. The smallest absolute Gasteiger partial charge is 0.407 e. The van der Waals surface area contributed by atoms with E-state index in [9.17, 15) is 9.59 Å². The van der Waals surface area contributed by atoms with Crippen LogP contribution in [0.3, 0.4) is 0 Å². The largest absolute Gasteiger partial charge is 0.444 e. The van der Waals surface area contributed by atoms with Gasteiger partial charge in [-0.15, -0.1) is 0 Å². The molecule has 0 fully saturated rings. The third-order valence-corrected chi connectivity index (χ3v) is 3.46. The minimum atomic E-state index is -0.579. The number of rotatable bonds is 7. The third kappa shape index (κ3) is 8.13. The van der Waals surface area contributed by atoms with Crippen molar-refractivity contribution >= 4 is 27.8 Å². The first kappa shape index (κ1) is 19.6. The topological polar surface area (TPSA) is 64.6 Å². The van der Waals surface area contributed by atoms with E-state index in [-0.39, 0.29) is 18.2 Å².